The quantitative estimate of drug-likeness (QED) is 0.631. The molecule has 2 aromatic carbocycles. The summed E-state index contributed by atoms with van der Waals surface area (Å²) in [6.07, 6.45) is 1.08. The summed E-state index contributed by atoms with van der Waals surface area (Å²) in [5, 5.41) is 0. The van der Waals surface area contributed by atoms with Crippen molar-refractivity contribution < 1.29 is 21.6 Å². The van der Waals surface area contributed by atoms with E-state index in [4.69, 9.17) is 0 Å². The molecule has 0 unspecified atom stereocenters. The molecule has 1 heterocycles. The van der Waals surface area contributed by atoms with Crippen LogP contribution >= 0.6 is 0 Å². The summed E-state index contributed by atoms with van der Waals surface area (Å²) in [6.45, 7) is 5.99. The second-order valence-corrected chi connectivity index (χ2v) is 11.9. The summed E-state index contributed by atoms with van der Waals surface area (Å²) in [5.74, 6) is -0.358. The number of carbonyl (C=O) groups excluding carboxylic acids is 1. The highest BCUT2D eigenvalue weighted by Crippen LogP contribution is 2.25. The van der Waals surface area contributed by atoms with Gasteiger partial charge in [-0.15, -0.1) is 0 Å². The Morgan fingerprint density at radius 1 is 0.906 bits per heavy atom. The highest BCUT2D eigenvalue weighted by molar-refractivity contribution is 7.92. The summed E-state index contributed by atoms with van der Waals surface area (Å²) < 4.78 is 53.1. The van der Waals surface area contributed by atoms with E-state index in [9.17, 15) is 21.6 Å². The first-order valence-electron chi connectivity index (χ1n) is 10.3. The van der Waals surface area contributed by atoms with Gasteiger partial charge in [-0.05, 0) is 50.1 Å². The van der Waals surface area contributed by atoms with Gasteiger partial charge >= 0.3 is 0 Å². The largest absolute Gasteiger partial charge is 0.338 e. The molecule has 32 heavy (non-hydrogen) atoms. The second-order valence-electron chi connectivity index (χ2n) is 8.09. The lowest BCUT2D eigenvalue weighted by Crippen LogP contribution is -2.53. The van der Waals surface area contributed by atoms with E-state index in [1.807, 2.05) is 26.8 Å². The van der Waals surface area contributed by atoms with Crippen molar-refractivity contribution in [2.24, 2.45) is 0 Å². The molecule has 3 rings (SSSR count). The second kappa shape index (κ2) is 9.21. The van der Waals surface area contributed by atoms with Crippen LogP contribution < -0.4 is 4.31 Å². The van der Waals surface area contributed by atoms with Gasteiger partial charge in [0.25, 0.3) is 0 Å². The van der Waals surface area contributed by atoms with Crippen LogP contribution in [-0.4, -0.2) is 70.9 Å². The number of anilines is 1. The Labute approximate surface area is 190 Å². The van der Waals surface area contributed by atoms with Crippen molar-refractivity contribution in [2.45, 2.75) is 25.7 Å². The molecular formula is C22H29N3O5S2. The number of hydrogen-bond acceptors (Lipinski definition) is 5. The number of piperazine rings is 1. The molecule has 1 aliphatic heterocycles. The zero-order chi connectivity index (χ0) is 23.7. The van der Waals surface area contributed by atoms with E-state index in [0.717, 1.165) is 27.3 Å². The Balaban J connectivity index is 1.71. The molecule has 1 fully saturated rings. The van der Waals surface area contributed by atoms with Crippen LogP contribution in [0.1, 0.15) is 16.7 Å². The molecule has 1 aliphatic rings. The van der Waals surface area contributed by atoms with Crippen molar-refractivity contribution in [3.05, 3.63) is 59.2 Å². The van der Waals surface area contributed by atoms with Crippen LogP contribution in [-0.2, 0) is 24.8 Å². The van der Waals surface area contributed by atoms with E-state index < -0.39 is 20.0 Å². The third-order valence-corrected chi connectivity index (χ3v) is 8.81. The van der Waals surface area contributed by atoms with Crippen LogP contribution in [0.3, 0.4) is 0 Å². The van der Waals surface area contributed by atoms with Crippen molar-refractivity contribution in [1.82, 2.24) is 9.21 Å². The third kappa shape index (κ3) is 5.13. The molecule has 0 atom stereocenters. The number of carbonyl (C=O) groups is 1. The molecule has 2 aromatic rings. The molecular weight excluding hydrogens is 450 g/mol. The van der Waals surface area contributed by atoms with Gasteiger partial charge in [-0.3, -0.25) is 9.10 Å². The van der Waals surface area contributed by atoms with Gasteiger partial charge in [0.05, 0.1) is 16.8 Å². The highest BCUT2D eigenvalue weighted by atomic mass is 32.2. The number of aryl methyl sites for hydroxylation is 2. The summed E-state index contributed by atoms with van der Waals surface area (Å²) in [4.78, 5) is 14.7. The van der Waals surface area contributed by atoms with Gasteiger partial charge in [0.15, 0.2) is 0 Å². The minimum absolute atomic E-state index is 0.157. The lowest BCUT2D eigenvalue weighted by molar-refractivity contribution is -0.130. The number of rotatable bonds is 6. The van der Waals surface area contributed by atoms with Gasteiger partial charge in [-0.25, -0.2) is 16.8 Å². The number of nitrogens with zero attached hydrogens (tertiary/aromatic N) is 3. The smallest absolute Gasteiger partial charge is 0.243 e. The van der Waals surface area contributed by atoms with E-state index in [-0.39, 0.29) is 43.5 Å². The van der Waals surface area contributed by atoms with Gasteiger partial charge in [0, 0.05) is 26.2 Å². The van der Waals surface area contributed by atoms with Gasteiger partial charge in [0.2, 0.25) is 26.0 Å². The molecule has 0 N–H and O–H groups in total. The minimum Gasteiger partial charge on any atom is -0.338 e. The van der Waals surface area contributed by atoms with Crippen molar-refractivity contribution >= 4 is 31.6 Å². The average Bonchev–Trinajstić information content (AvgIpc) is 2.74. The van der Waals surface area contributed by atoms with Gasteiger partial charge in [0.1, 0.15) is 6.54 Å². The Morgan fingerprint density at radius 2 is 1.50 bits per heavy atom. The Kier molecular flexibility index (Phi) is 6.97. The van der Waals surface area contributed by atoms with Crippen LogP contribution in [0.4, 0.5) is 5.69 Å². The van der Waals surface area contributed by atoms with Crippen molar-refractivity contribution in [3.63, 3.8) is 0 Å². The van der Waals surface area contributed by atoms with Crippen molar-refractivity contribution in [1.29, 1.82) is 0 Å². The SMILES string of the molecule is Cc1ccc(S(=O)(=O)N2CCN(C(=O)CN(c3cccc(C)c3C)S(C)(=O)=O)CC2)cc1. The van der Waals surface area contributed by atoms with Crippen LogP contribution in [0, 0.1) is 20.8 Å². The summed E-state index contributed by atoms with van der Waals surface area (Å²) in [6, 6.07) is 12.0. The molecule has 0 saturated carbocycles. The van der Waals surface area contributed by atoms with Crippen molar-refractivity contribution in [2.75, 3.05) is 43.3 Å². The first-order chi connectivity index (χ1) is 14.9. The van der Waals surface area contributed by atoms with E-state index in [1.54, 1.807) is 36.4 Å². The molecule has 1 amide bonds. The Morgan fingerprint density at radius 3 is 2.06 bits per heavy atom. The maximum atomic E-state index is 12.9. The van der Waals surface area contributed by atoms with Crippen LogP contribution in [0.25, 0.3) is 0 Å². The summed E-state index contributed by atoms with van der Waals surface area (Å²) in [5.41, 5.74) is 3.17. The number of sulfonamides is 2. The minimum atomic E-state index is -3.69. The number of amides is 1. The standard InChI is InChI=1S/C22H29N3O5S2/c1-17-8-10-20(11-9-17)32(29,30)24-14-12-23(13-15-24)22(26)16-25(31(4,27)28)21-7-5-6-18(2)19(21)3/h5-11H,12-16H2,1-4H3. The van der Waals surface area contributed by atoms with E-state index in [2.05, 4.69) is 0 Å². The van der Waals surface area contributed by atoms with Gasteiger partial charge in [-0.1, -0.05) is 29.8 Å². The van der Waals surface area contributed by atoms with Gasteiger partial charge < -0.3 is 4.90 Å². The molecule has 0 spiro atoms. The fourth-order valence-electron chi connectivity index (χ4n) is 3.65. The lowest BCUT2D eigenvalue weighted by atomic mass is 10.1. The monoisotopic (exact) mass is 479 g/mol. The molecule has 0 aliphatic carbocycles. The Bertz CT molecular complexity index is 1200. The third-order valence-electron chi connectivity index (χ3n) is 5.77. The van der Waals surface area contributed by atoms with E-state index in [1.165, 1.54) is 9.21 Å². The summed E-state index contributed by atoms with van der Waals surface area (Å²) in [7, 11) is -7.32. The first-order valence-corrected chi connectivity index (χ1v) is 13.6. The van der Waals surface area contributed by atoms with Crippen molar-refractivity contribution in [3.8, 4) is 0 Å². The molecule has 8 nitrogen and oxygen atoms in total. The molecule has 1 saturated heterocycles. The fraction of sp³-hybridized carbons (Fsp3) is 0.409. The van der Waals surface area contributed by atoms with E-state index >= 15 is 0 Å². The number of hydrogen-bond donors (Lipinski definition) is 0. The molecule has 10 heteroatoms. The predicted molar refractivity (Wildman–Crippen MR) is 125 cm³/mol. The fourth-order valence-corrected chi connectivity index (χ4v) is 5.97. The normalized spacial score (nSPS) is 15.6. The summed E-state index contributed by atoms with van der Waals surface area (Å²) >= 11 is 0. The maximum Gasteiger partial charge on any atom is 0.243 e. The topological polar surface area (TPSA) is 95.1 Å². The van der Waals surface area contributed by atoms with Crippen LogP contribution in [0.2, 0.25) is 0 Å². The number of benzene rings is 2. The van der Waals surface area contributed by atoms with Crippen LogP contribution in [0.5, 0.6) is 0 Å². The Hall–Kier alpha value is -2.43. The zero-order valence-corrected chi connectivity index (χ0v) is 20.4. The molecule has 0 aromatic heterocycles. The van der Waals surface area contributed by atoms with Crippen LogP contribution in [0.15, 0.2) is 47.4 Å². The molecule has 0 bridgehead atoms. The van der Waals surface area contributed by atoms with E-state index in [0.29, 0.717) is 5.69 Å². The zero-order valence-electron chi connectivity index (χ0n) is 18.8. The molecule has 0 radical (unpaired) electrons. The highest BCUT2D eigenvalue weighted by Gasteiger charge is 2.32. The first kappa shape index (κ1) is 24.2. The lowest BCUT2D eigenvalue weighted by Gasteiger charge is -2.35. The average molecular weight is 480 g/mol. The molecule has 174 valence electrons. The predicted octanol–water partition coefficient (Wildman–Crippen LogP) is 1.91. The van der Waals surface area contributed by atoms with Gasteiger partial charge in [-0.2, -0.15) is 4.31 Å². The maximum absolute atomic E-state index is 12.9.